The lowest BCUT2D eigenvalue weighted by molar-refractivity contribution is -0.177. The molecule has 4 atom stereocenters. The first kappa shape index (κ1) is 41.7. The van der Waals surface area contributed by atoms with Crippen molar-refractivity contribution in [3.63, 3.8) is 0 Å². The topological polar surface area (TPSA) is 110 Å². The highest BCUT2D eigenvalue weighted by atomic mass is 35.5. The number of aromatic nitrogens is 1. The van der Waals surface area contributed by atoms with Gasteiger partial charge in [0.1, 0.15) is 11.3 Å². The third-order valence-electron chi connectivity index (χ3n) is 14.1. The fourth-order valence-corrected chi connectivity index (χ4v) is 11.1. The monoisotopic (exact) mass is 837 g/mol. The van der Waals surface area contributed by atoms with Crippen LogP contribution in [0.1, 0.15) is 99.9 Å². The standard InChI is InChI=1S/C46H55ClF3N3O6/c1-28(25-57-38-9-16-51-37-8-3-5-29(2)41(37)38)19-33-20-32-21-39-40(59-27-30(26-58-39)24-53-17-10-31(11-18-53)42(54)46(48,49)50)23-36(32)44(33)12-14-45(15-13-44,43(55)56)52-35-7-4-6-34(47)22-35/h4,6-7,9,16,21-23,28-31,33,52H,3,5,8,10-15,17-20,24-27H2,1-2H3,(H,55,56)/t28-,29-,30?,33?,44?,45?/m1/s1. The molecule has 13 heteroatoms. The van der Waals surface area contributed by atoms with Crippen LogP contribution in [-0.2, 0) is 27.8 Å². The van der Waals surface area contributed by atoms with Crippen LogP contribution >= 0.6 is 11.6 Å². The van der Waals surface area contributed by atoms with Gasteiger partial charge >= 0.3 is 12.1 Å². The lowest BCUT2D eigenvalue weighted by Crippen LogP contribution is -2.53. The first-order valence-electron chi connectivity index (χ1n) is 21.4. The van der Waals surface area contributed by atoms with Crippen LogP contribution in [0.5, 0.6) is 17.2 Å². The minimum Gasteiger partial charge on any atom is -0.493 e. The molecule has 1 saturated carbocycles. The van der Waals surface area contributed by atoms with Gasteiger partial charge in [0.2, 0.25) is 5.78 Å². The normalized spacial score (nSPS) is 27.7. The number of hydrogen-bond acceptors (Lipinski definition) is 8. The van der Waals surface area contributed by atoms with Gasteiger partial charge < -0.3 is 29.5 Å². The van der Waals surface area contributed by atoms with Crippen LogP contribution in [-0.4, -0.2) is 77.9 Å². The highest BCUT2D eigenvalue weighted by molar-refractivity contribution is 6.30. The molecule has 1 saturated heterocycles. The minimum absolute atomic E-state index is 0.00733. The number of ether oxygens (including phenoxy) is 3. The zero-order valence-corrected chi connectivity index (χ0v) is 34.7. The van der Waals surface area contributed by atoms with Gasteiger partial charge in [-0.15, -0.1) is 0 Å². The maximum atomic E-state index is 13.1. The van der Waals surface area contributed by atoms with Gasteiger partial charge in [-0.25, -0.2) is 4.79 Å². The number of halogens is 4. The number of anilines is 1. The summed E-state index contributed by atoms with van der Waals surface area (Å²) in [5.41, 5.74) is 4.03. The summed E-state index contributed by atoms with van der Waals surface area (Å²) >= 11 is 6.30. The van der Waals surface area contributed by atoms with E-state index in [-0.39, 0.29) is 36.0 Å². The number of pyridine rings is 1. The molecule has 0 radical (unpaired) electrons. The predicted molar refractivity (Wildman–Crippen MR) is 219 cm³/mol. The Kier molecular flexibility index (Phi) is 11.9. The molecule has 3 aliphatic carbocycles. The van der Waals surface area contributed by atoms with Crippen LogP contribution in [0.4, 0.5) is 18.9 Å². The van der Waals surface area contributed by atoms with Crippen molar-refractivity contribution in [1.29, 1.82) is 0 Å². The van der Waals surface area contributed by atoms with Gasteiger partial charge in [0.05, 0.1) is 19.8 Å². The number of carbonyl (C=O) groups is 2. The largest absolute Gasteiger partial charge is 0.493 e. The zero-order valence-electron chi connectivity index (χ0n) is 33.9. The first-order valence-corrected chi connectivity index (χ1v) is 21.7. The van der Waals surface area contributed by atoms with Crippen molar-refractivity contribution < 1.29 is 42.1 Å². The Morgan fingerprint density at radius 1 is 1.05 bits per heavy atom. The predicted octanol–water partition coefficient (Wildman–Crippen LogP) is 9.43. The lowest BCUT2D eigenvalue weighted by Gasteiger charge is -2.47. The molecule has 3 heterocycles. The Morgan fingerprint density at radius 3 is 2.47 bits per heavy atom. The number of carbonyl (C=O) groups excluding carboxylic acids is 1. The molecule has 1 aromatic heterocycles. The van der Waals surface area contributed by atoms with Gasteiger partial charge in [-0.05, 0) is 154 Å². The highest BCUT2D eigenvalue weighted by Crippen LogP contribution is 2.58. The number of nitrogens with zero attached hydrogens (tertiary/aromatic N) is 2. The van der Waals surface area contributed by atoms with Crippen molar-refractivity contribution >= 4 is 29.0 Å². The quantitative estimate of drug-likeness (QED) is 0.195. The third-order valence-corrected chi connectivity index (χ3v) is 14.3. The van der Waals surface area contributed by atoms with Crippen LogP contribution in [0.25, 0.3) is 0 Å². The van der Waals surface area contributed by atoms with E-state index in [1.807, 2.05) is 24.4 Å². The van der Waals surface area contributed by atoms with E-state index in [4.69, 9.17) is 25.8 Å². The molecule has 3 aromatic rings. The third kappa shape index (κ3) is 8.63. The fourth-order valence-electron chi connectivity index (χ4n) is 10.9. The molecule has 9 nitrogen and oxygen atoms in total. The molecule has 1 spiro atoms. The van der Waals surface area contributed by atoms with Crippen molar-refractivity contribution in [3.8, 4) is 17.2 Å². The van der Waals surface area contributed by atoms with Gasteiger partial charge in [0, 0.05) is 46.5 Å². The second kappa shape index (κ2) is 16.8. The molecule has 2 N–H and O–H groups in total. The highest BCUT2D eigenvalue weighted by Gasteiger charge is 2.54. The number of Topliss-reactive ketones (excluding diaryl/α,β-unsaturated/α-hetero) is 1. The van der Waals surface area contributed by atoms with Crippen molar-refractivity contribution in [2.45, 2.75) is 108 Å². The molecule has 8 rings (SSSR count). The van der Waals surface area contributed by atoms with E-state index in [1.165, 1.54) is 16.7 Å². The number of piperidine rings is 1. The molecule has 5 aliphatic rings. The zero-order chi connectivity index (χ0) is 41.5. The van der Waals surface area contributed by atoms with E-state index in [9.17, 15) is 27.9 Å². The number of nitrogens with one attached hydrogen (secondary N) is 1. The van der Waals surface area contributed by atoms with Crippen molar-refractivity contribution in [2.24, 2.45) is 23.7 Å². The Morgan fingerprint density at radius 2 is 1.78 bits per heavy atom. The number of alkyl halides is 3. The molecular formula is C46H55ClF3N3O6. The summed E-state index contributed by atoms with van der Waals surface area (Å²) in [6, 6.07) is 13.5. The number of hydrogen-bond donors (Lipinski definition) is 2. The second-order valence-corrected chi connectivity index (χ2v) is 18.5. The number of likely N-dealkylation sites (tertiary alicyclic amines) is 1. The number of aryl methyl sites for hydroxylation is 1. The van der Waals surface area contributed by atoms with Gasteiger partial charge in [-0.1, -0.05) is 31.5 Å². The molecule has 59 heavy (non-hydrogen) atoms. The van der Waals surface area contributed by atoms with E-state index in [2.05, 4.69) is 41.2 Å². The van der Waals surface area contributed by atoms with Crippen molar-refractivity contribution in [1.82, 2.24) is 9.88 Å². The number of ketones is 1. The van der Waals surface area contributed by atoms with Crippen LogP contribution in [0.3, 0.4) is 0 Å². The Balaban J connectivity index is 0.995. The lowest BCUT2D eigenvalue weighted by atomic mass is 9.59. The number of carboxylic acid groups (broad SMARTS) is 1. The van der Waals surface area contributed by atoms with Gasteiger partial charge in [-0.2, -0.15) is 13.2 Å². The SMILES string of the molecule is C[C@@H](COc1ccnc2c1[C@H](C)CCC2)CC1Cc2cc3c(cc2C12CCC(Nc1cccc(Cl)c1)(C(=O)O)CC2)OCC(CN1CCC(C(=O)C(F)(F)F)CC1)CO3. The second-order valence-electron chi connectivity index (χ2n) is 18.1. The van der Waals surface area contributed by atoms with E-state index in [0.717, 1.165) is 43.5 Å². The average molecular weight is 838 g/mol. The number of fused-ring (bicyclic) bond motifs is 4. The summed E-state index contributed by atoms with van der Waals surface area (Å²) in [6.07, 6.45) is 4.63. The summed E-state index contributed by atoms with van der Waals surface area (Å²) in [5.74, 6) is -0.310. The number of aliphatic carboxylic acids is 1. The average Bonchev–Trinajstić information content (AvgIpc) is 3.33. The molecule has 2 unspecified atom stereocenters. The summed E-state index contributed by atoms with van der Waals surface area (Å²) in [4.78, 5) is 31.7. The Hall–Kier alpha value is -4.03. The summed E-state index contributed by atoms with van der Waals surface area (Å²) < 4.78 is 58.6. The number of carboxylic acids is 1. The molecule has 2 aliphatic heterocycles. The molecular weight excluding hydrogens is 783 g/mol. The smallest absolute Gasteiger partial charge is 0.450 e. The molecule has 2 fully saturated rings. The van der Waals surface area contributed by atoms with E-state index in [0.29, 0.717) is 93.3 Å². The molecule has 318 valence electrons. The maximum absolute atomic E-state index is 13.1. The molecule has 0 bridgehead atoms. The van der Waals surface area contributed by atoms with Crippen molar-refractivity contribution in [2.75, 3.05) is 44.8 Å². The van der Waals surface area contributed by atoms with Crippen LogP contribution < -0.4 is 19.5 Å². The van der Waals surface area contributed by atoms with E-state index in [1.54, 1.807) is 12.1 Å². The van der Waals surface area contributed by atoms with E-state index < -0.39 is 29.4 Å². The molecule has 2 aromatic carbocycles. The fraction of sp³-hybridized carbons (Fsp3) is 0.587. The number of rotatable bonds is 11. The van der Waals surface area contributed by atoms with Crippen LogP contribution in [0.15, 0.2) is 48.7 Å². The summed E-state index contributed by atoms with van der Waals surface area (Å²) in [7, 11) is 0. The molecule has 0 amide bonds. The van der Waals surface area contributed by atoms with Gasteiger partial charge in [-0.3, -0.25) is 9.78 Å². The van der Waals surface area contributed by atoms with Crippen molar-refractivity contribution in [3.05, 3.63) is 76.1 Å². The van der Waals surface area contributed by atoms with E-state index >= 15 is 0 Å². The van der Waals surface area contributed by atoms with Crippen LogP contribution in [0, 0.1) is 23.7 Å². The first-order chi connectivity index (χ1) is 28.2. The number of benzene rings is 2. The summed E-state index contributed by atoms with van der Waals surface area (Å²) in [5, 5.41) is 14.6. The van der Waals surface area contributed by atoms with Crippen LogP contribution in [0.2, 0.25) is 5.02 Å². The van der Waals surface area contributed by atoms with Gasteiger partial charge in [0.25, 0.3) is 0 Å². The summed E-state index contributed by atoms with van der Waals surface area (Å²) in [6.45, 7) is 7.32. The maximum Gasteiger partial charge on any atom is 0.450 e. The Labute approximate surface area is 349 Å². The Bertz CT molecular complexity index is 2030. The van der Waals surface area contributed by atoms with Gasteiger partial charge in [0.15, 0.2) is 11.5 Å². The minimum atomic E-state index is -4.79.